The van der Waals surface area contributed by atoms with Gasteiger partial charge in [0.15, 0.2) is 0 Å². The topological polar surface area (TPSA) is 49.3 Å². The van der Waals surface area contributed by atoms with Crippen molar-refractivity contribution in [3.8, 4) is 0 Å². The van der Waals surface area contributed by atoms with Gasteiger partial charge >= 0.3 is 5.97 Å². The predicted octanol–water partition coefficient (Wildman–Crippen LogP) is 4.01. The average Bonchev–Trinajstić information content (AvgIpc) is 2.46. The fourth-order valence-electron chi connectivity index (χ4n) is 2.84. The smallest absolute Gasteiger partial charge is 0.335 e. The molecular formula is C16H23NO2. The molecule has 104 valence electrons. The van der Waals surface area contributed by atoms with Crippen LogP contribution in [-0.4, -0.2) is 17.6 Å². The van der Waals surface area contributed by atoms with Crippen LogP contribution in [0.5, 0.6) is 0 Å². The SMILES string of the molecule is CCC1CCC(CNc2ccc(C(=O)O)cc2)CC1. The lowest BCUT2D eigenvalue weighted by Crippen LogP contribution is -2.21. The van der Waals surface area contributed by atoms with Crippen molar-refractivity contribution in [2.45, 2.75) is 39.0 Å². The third-order valence-electron chi connectivity index (χ3n) is 4.27. The first-order valence-electron chi connectivity index (χ1n) is 7.26. The van der Waals surface area contributed by atoms with E-state index >= 15 is 0 Å². The van der Waals surface area contributed by atoms with E-state index in [9.17, 15) is 4.79 Å². The Bertz CT molecular complexity index is 405. The van der Waals surface area contributed by atoms with E-state index in [1.54, 1.807) is 12.1 Å². The minimum Gasteiger partial charge on any atom is -0.478 e. The minimum absolute atomic E-state index is 0.342. The largest absolute Gasteiger partial charge is 0.478 e. The Morgan fingerprint density at radius 2 is 1.74 bits per heavy atom. The molecule has 0 heterocycles. The molecule has 0 spiro atoms. The number of rotatable bonds is 5. The van der Waals surface area contributed by atoms with Gasteiger partial charge in [-0.05, 0) is 48.9 Å². The molecule has 0 radical (unpaired) electrons. The highest BCUT2D eigenvalue weighted by molar-refractivity contribution is 5.87. The molecule has 2 N–H and O–H groups in total. The fourth-order valence-corrected chi connectivity index (χ4v) is 2.84. The molecule has 0 amide bonds. The summed E-state index contributed by atoms with van der Waals surface area (Å²) in [6.07, 6.45) is 6.68. The van der Waals surface area contributed by atoms with Gasteiger partial charge in [-0.15, -0.1) is 0 Å². The highest BCUT2D eigenvalue weighted by atomic mass is 16.4. The third-order valence-corrected chi connectivity index (χ3v) is 4.27. The van der Waals surface area contributed by atoms with Gasteiger partial charge in [0.1, 0.15) is 0 Å². The maximum Gasteiger partial charge on any atom is 0.335 e. The van der Waals surface area contributed by atoms with Crippen molar-refractivity contribution in [1.82, 2.24) is 0 Å². The predicted molar refractivity (Wildman–Crippen MR) is 77.6 cm³/mol. The van der Waals surface area contributed by atoms with Crippen LogP contribution in [0.4, 0.5) is 5.69 Å². The van der Waals surface area contributed by atoms with E-state index in [0.717, 1.165) is 24.1 Å². The van der Waals surface area contributed by atoms with Gasteiger partial charge in [-0.2, -0.15) is 0 Å². The summed E-state index contributed by atoms with van der Waals surface area (Å²) in [5.41, 5.74) is 1.36. The lowest BCUT2D eigenvalue weighted by molar-refractivity contribution is 0.0697. The van der Waals surface area contributed by atoms with Crippen LogP contribution in [0.25, 0.3) is 0 Å². The van der Waals surface area contributed by atoms with E-state index in [2.05, 4.69) is 12.2 Å². The summed E-state index contributed by atoms with van der Waals surface area (Å²) in [7, 11) is 0. The normalized spacial score (nSPS) is 23.0. The summed E-state index contributed by atoms with van der Waals surface area (Å²) < 4.78 is 0. The molecule has 0 saturated heterocycles. The molecule has 1 fully saturated rings. The molecule has 1 saturated carbocycles. The Hall–Kier alpha value is -1.51. The minimum atomic E-state index is -0.871. The molecule has 0 aliphatic heterocycles. The van der Waals surface area contributed by atoms with Gasteiger partial charge in [-0.25, -0.2) is 4.79 Å². The fraction of sp³-hybridized carbons (Fsp3) is 0.562. The summed E-state index contributed by atoms with van der Waals surface area (Å²) in [6.45, 7) is 3.29. The van der Waals surface area contributed by atoms with Gasteiger partial charge in [0.2, 0.25) is 0 Å². The van der Waals surface area contributed by atoms with Crippen LogP contribution in [-0.2, 0) is 0 Å². The number of benzene rings is 1. The lowest BCUT2D eigenvalue weighted by atomic mass is 9.81. The highest BCUT2D eigenvalue weighted by Crippen LogP contribution is 2.30. The van der Waals surface area contributed by atoms with Crippen LogP contribution < -0.4 is 5.32 Å². The van der Waals surface area contributed by atoms with E-state index in [-0.39, 0.29) is 0 Å². The molecule has 3 heteroatoms. The van der Waals surface area contributed by atoms with Crippen LogP contribution in [0, 0.1) is 11.8 Å². The van der Waals surface area contributed by atoms with Crippen LogP contribution in [0.3, 0.4) is 0 Å². The average molecular weight is 261 g/mol. The summed E-state index contributed by atoms with van der Waals surface area (Å²) in [4.78, 5) is 10.8. The molecule has 0 bridgehead atoms. The molecule has 0 atom stereocenters. The summed E-state index contributed by atoms with van der Waals surface area (Å²) in [5.74, 6) is 0.831. The van der Waals surface area contributed by atoms with Gasteiger partial charge in [0, 0.05) is 12.2 Å². The molecule has 1 aliphatic rings. The van der Waals surface area contributed by atoms with Gasteiger partial charge in [-0.1, -0.05) is 26.2 Å². The Morgan fingerprint density at radius 1 is 1.16 bits per heavy atom. The quantitative estimate of drug-likeness (QED) is 0.841. The van der Waals surface area contributed by atoms with Crippen molar-refractivity contribution in [3.63, 3.8) is 0 Å². The highest BCUT2D eigenvalue weighted by Gasteiger charge is 2.19. The first kappa shape index (κ1) is 13.9. The number of anilines is 1. The Kier molecular flexibility index (Phi) is 4.83. The lowest BCUT2D eigenvalue weighted by Gasteiger charge is -2.28. The van der Waals surface area contributed by atoms with Crippen LogP contribution in [0.2, 0.25) is 0 Å². The monoisotopic (exact) mass is 261 g/mol. The van der Waals surface area contributed by atoms with Gasteiger partial charge in [0.05, 0.1) is 5.56 Å². The van der Waals surface area contributed by atoms with Gasteiger partial charge < -0.3 is 10.4 Å². The van der Waals surface area contributed by atoms with Crippen molar-refractivity contribution in [1.29, 1.82) is 0 Å². The maximum atomic E-state index is 10.8. The molecular weight excluding hydrogens is 238 g/mol. The van der Waals surface area contributed by atoms with Gasteiger partial charge in [0.25, 0.3) is 0 Å². The zero-order valence-corrected chi connectivity index (χ0v) is 11.6. The van der Waals surface area contributed by atoms with Crippen molar-refractivity contribution >= 4 is 11.7 Å². The van der Waals surface area contributed by atoms with Crippen molar-refractivity contribution in [2.75, 3.05) is 11.9 Å². The van der Waals surface area contributed by atoms with Crippen molar-refractivity contribution in [3.05, 3.63) is 29.8 Å². The molecule has 19 heavy (non-hydrogen) atoms. The second-order valence-electron chi connectivity index (χ2n) is 5.56. The number of carboxylic acids is 1. The molecule has 1 aromatic rings. The van der Waals surface area contributed by atoms with Crippen LogP contribution in [0.15, 0.2) is 24.3 Å². The first-order valence-corrected chi connectivity index (χ1v) is 7.26. The number of carbonyl (C=O) groups is 1. The zero-order chi connectivity index (χ0) is 13.7. The Balaban J connectivity index is 1.78. The summed E-state index contributed by atoms with van der Waals surface area (Å²) >= 11 is 0. The number of aromatic carboxylic acids is 1. The second-order valence-corrected chi connectivity index (χ2v) is 5.56. The van der Waals surface area contributed by atoms with Crippen LogP contribution in [0.1, 0.15) is 49.4 Å². The molecule has 0 aromatic heterocycles. The number of nitrogens with one attached hydrogen (secondary N) is 1. The number of hydrogen-bond donors (Lipinski definition) is 2. The Morgan fingerprint density at radius 3 is 2.26 bits per heavy atom. The maximum absolute atomic E-state index is 10.8. The van der Waals surface area contributed by atoms with Crippen molar-refractivity contribution in [2.24, 2.45) is 11.8 Å². The summed E-state index contributed by atoms with van der Waals surface area (Å²) in [5, 5.41) is 12.3. The molecule has 2 rings (SSSR count). The van der Waals surface area contributed by atoms with E-state index in [0.29, 0.717) is 5.56 Å². The van der Waals surface area contributed by atoms with E-state index in [1.165, 1.54) is 32.1 Å². The van der Waals surface area contributed by atoms with Crippen molar-refractivity contribution < 1.29 is 9.90 Å². The Labute approximate surface area is 115 Å². The van der Waals surface area contributed by atoms with Crippen LogP contribution >= 0.6 is 0 Å². The summed E-state index contributed by atoms with van der Waals surface area (Å²) in [6, 6.07) is 7.00. The van der Waals surface area contributed by atoms with Gasteiger partial charge in [-0.3, -0.25) is 0 Å². The van der Waals surface area contributed by atoms with E-state index < -0.39 is 5.97 Å². The second kappa shape index (κ2) is 6.60. The molecule has 1 aromatic carbocycles. The zero-order valence-electron chi connectivity index (χ0n) is 11.6. The number of carboxylic acid groups (broad SMARTS) is 1. The molecule has 1 aliphatic carbocycles. The number of hydrogen-bond acceptors (Lipinski definition) is 2. The van der Waals surface area contributed by atoms with E-state index in [1.807, 2.05) is 12.1 Å². The third kappa shape index (κ3) is 3.98. The molecule has 0 unspecified atom stereocenters. The first-order chi connectivity index (χ1) is 9.19. The van der Waals surface area contributed by atoms with E-state index in [4.69, 9.17) is 5.11 Å². The molecule has 3 nitrogen and oxygen atoms in total. The standard InChI is InChI=1S/C16H23NO2/c1-2-12-3-5-13(6-4-12)11-17-15-9-7-14(8-10-15)16(18)19/h7-10,12-13,17H,2-6,11H2,1H3,(H,18,19).